The van der Waals surface area contributed by atoms with Crippen LogP contribution in [-0.2, 0) is 22.6 Å². The fraction of sp³-hybridized carbons (Fsp3) is 0.438. The van der Waals surface area contributed by atoms with Crippen molar-refractivity contribution in [1.29, 1.82) is 0 Å². The number of rotatable bonds is 6. The fourth-order valence-electron chi connectivity index (χ4n) is 2.45. The normalized spacial score (nSPS) is 11.7. The zero-order chi connectivity index (χ0) is 17.9. The van der Waals surface area contributed by atoms with E-state index in [1.807, 2.05) is 13.8 Å². The highest BCUT2D eigenvalue weighted by Gasteiger charge is 2.27. The van der Waals surface area contributed by atoms with E-state index in [1.54, 1.807) is 43.2 Å². The Bertz CT molecular complexity index is 813. The number of amides is 1. The molecule has 7 nitrogen and oxygen atoms in total. The molecule has 0 aliphatic heterocycles. The molecule has 0 radical (unpaired) electrons. The molecule has 0 fully saturated rings. The van der Waals surface area contributed by atoms with Gasteiger partial charge in [-0.3, -0.25) is 9.78 Å². The topological polar surface area (TPSA) is 87.0 Å². The van der Waals surface area contributed by atoms with Gasteiger partial charge in [0.15, 0.2) is 15.6 Å². The smallest absolute Gasteiger partial charge is 0.301 e. The zero-order valence-electron chi connectivity index (χ0n) is 14.4. The molecule has 2 heterocycles. The summed E-state index contributed by atoms with van der Waals surface area (Å²) >= 11 is 0. The predicted octanol–water partition coefficient (Wildman–Crippen LogP) is 1.08. The number of carbonyl (C=O) groups excluding carboxylic acids is 1. The largest absolute Gasteiger partial charge is 0.307 e. The van der Waals surface area contributed by atoms with Crippen molar-refractivity contribution in [2.45, 2.75) is 19.6 Å². The van der Waals surface area contributed by atoms with Gasteiger partial charge in [0.1, 0.15) is 6.20 Å². The predicted molar refractivity (Wildman–Crippen MR) is 91.3 cm³/mol. The van der Waals surface area contributed by atoms with E-state index in [2.05, 4.69) is 9.97 Å². The molecule has 0 unspecified atom stereocenters. The fourth-order valence-corrected chi connectivity index (χ4v) is 4.28. The van der Waals surface area contributed by atoms with E-state index in [0.29, 0.717) is 17.2 Å². The molecule has 0 aromatic carbocycles. The van der Waals surface area contributed by atoms with Gasteiger partial charge < -0.3 is 4.90 Å². The van der Waals surface area contributed by atoms with Crippen LogP contribution in [0.15, 0.2) is 30.7 Å². The number of H-pyrrole nitrogens is 1. The third kappa shape index (κ3) is 4.19. The molecule has 1 amide bonds. The molecule has 130 valence electrons. The van der Waals surface area contributed by atoms with Gasteiger partial charge in [-0.25, -0.2) is 18.0 Å². The second-order valence-electron chi connectivity index (χ2n) is 6.20. The lowest BCUT2D eigenvalue weighted by molar-refractivity contribution is -0.678. The Morgan fingerprint density at radius 1 is 1.42 bits per heavy atom. The first-order valence-electron chi connectivity index (χ1n) is 7.66. The third-order valence-electron chi connectivity index (χ3n) is 3.64. The molecular formula is C16H23N4O3S+. The van der Waals surface area contributed by atoms with Crippen molar-refractivity contribution in [3.63, 3.8) is 0 Å². The summed E-state index contributed by atoms with van der Waals surface area (Å²) in [5.74, 6) is 0.303. The number of anilines is 1. The minimum absolute atomic E-state index is 0.0630. The Hall–Kier alpha value is -2.22. The van der Waals surface area contributed by atoms with Gasteiger partial charge in [0.05, 0.1) is 24.7 Å². The highest BCUT2D eigenvalue weighted by molar-refractivity contribution is 7.90. The summed E-state index contributed by atoms with van der Waals surface area (Å²) in [6.07, 6.45) is 4.77. The third-order valence-corrected chi connectivity index (χ3v) is 5.53. The van der Waals surface area contributed by atoms with Crippen molar-refractivity contribution in [3.05, 3.63) is 42.2 Å². The van der Waals surface area contributed by atoms with Gasteiger partial charge in [-0.1, -0.05) is 13.8 Å². The molecule has 0 aliphatic rings. The van der Waals surface area contributed by atoms with E-state index in [0.717, 1.165) is 0 Å². The van der Waals surface area contributed by atoms with Gasteiger partial charge in [-0.05, 0) is 18.1 Å². The summed E-state index contributed by atoms with van der Waals surface area (Å²) in [6.45, 7) is 3.73. The van der Waals surface area contributed by atoms with Crippen LogP contribution < -0.4 is 9.47 Å². The van der Waals surface area contributed by atoms with Crippen molar-refractivity contribution >= 4 is 21.4 Å². The molecular weight excluding hydrogens is 328 g/mol. The first-order valence-corrected chi connectivity index (χ1v) is 9.48. The number of carbonyl (C=O) groups is 1. The number of aromatic nitrogens is 3. The molecule has 0 saturated heterocycles. The summed E-state index contributed by atoms with van der Waals surface area (Å²) in [4.78, 5) is 21.0. The number of pyridine rings is 1. The second-order valence-corrected chi connectivity index (χ2v) is 8.31. The molecule has 0 spiro atoms. The lowest BCUT2D eigenvalue weighted by Crippen LogP contribution is -2.42. The van der Waals surface area contributed by atoms with Crippen LogP contribution in [0, 0.1) is 5.92 Å². The van der Waals surface area contributed by atoms with E-state index >= 15 is 0 Å². The van der Waals surface area contributed by atoms with Gasteiger partial charge in [-0.15, -0.1) is 0 Å². The van der Waals surface area contributed by atoms with Crippen LogP contribution in [0.2, 0.25) is 0 Å². The number of nitrogens with zero attached hydrogens (tertiary/aromatic N) is 3. The second kappa shape index (κ2) is 7.12. The first-order chi connectivity index (χ1) is 11.2. The number of aromatic amines is 1. The first kappa shape index (κ1) is 18.1. The van der Waals surface area contributed by atoms with Crippen LogP contribution in [0.25, 0.3) is 0 Å². The average Bonchev–Trinajstić information content (AvgIpc) is 2.85. The molecule has 24 heavy (non-hydrogen) atoms. The Kier molecular flexibility index (Phi) is 5.38. The quantitative estimate of drug-likeness (QED) is 0.789. The molecule has 1 N–H and O–H groups in total. The van der Waals surface area contributed by atoms with Crippen molar-refractivity contribution in [1.82, 2.24) is 9.97 Å². The van der Waals surface area contributed by atoms with Crippen molar-refractivity contribution in [3.8, 4) is 0 Å². The maximum absolute atomic E-state index is 12.6. The monoisotopic (exact) mass is 351 g/mol. The van der Waals surface area contributed by atoms with Gasteiger partial charge >= 0.3 is 5.91 Å². The molecule has 2 rings (SSSR count). The maximum atomic E-state index is 12.6. The van der Waals surface area contributed by atoms with E-state index in [4.69, 9.17) is 0 Å². The zero-order valence-corrected chi connectivity index (χ0v) is 15.2. The summed E-state index contributed by atoms with van der Waals surface area (Å²) in [6, 6.07) is 3.53. The molecule has 8 heteroatoms. The van der Waals surface area contributed by atoms with Crippen LogP contribution in [0.4, 0.5) is 5.69 Å². The van der Waals surface area contributed by atoms with E-state index in [1.165, 1.54) is 11.1 Å². The van der Waals surface area contributed by atoms with Crippen LogP contribution in [0.1, 0.15) is 30.2 Å². The number of hydrogen-bond donors (Lipinski definition) is 1. The number of nitrogens with one attached hydrogen (secondary N) is 1. The van der Waals surface area contributed by atoms with Crippen LogP contribution in [0.5, 0.6) is 0 Å². The Morgan fingerprint density at radius 2 is 2.12 bits per heavy atom. The lowest BCUT2D eigenvalue weighted by atomic mass is 10.3. The highest BCUT2D eigenvalue weighted by Crippen LogP contribution is 2.13. The summed E-state index contributed by atoms with van der Waals surface area (Å²) < 4.78 is 25.9. The Labute approximate surface area is 142 Å². The van der Waals surface area contributed by atoms with E-state index in [9.17, 15) is 13.2 Å². The molecule has 0 saturated carbocycles. The number of sulfone groups is 1. The van der Waals surface area contributed by atoms with Crippen molar-refractivity contribution in [2.75, 3.05) is 17.7 Å². The Balaban J connectivity index is 2.22. The van der Waals surface area contributed by atoms with Crippen LogP contribution in [0.3, 0.4) is 0 Å². The minimum Gasteiger partial charge on any atom is -0.307 e. The molecule has 0 bridgehead atoms. The molecule has 2 aromatic rings. The highest BCUT2D eigenvalue weighted by atomic mass is 32.2. The lowest BCUT2D eigenvalue weighted by Gasteiger charge is -2.14. The van der Waals surface area contributed by atoms with Gasteiger partial charge in [-0.2, -0.15) is 0 Å². The number of hydrogen-bond acceptors (Lipinski definition) is 4. The maximum Gasteiger partial charge on any atom is 0.301 e. The average molecular weight is 351 g/mol. The van der Waals surface area contributed by atoms with Crippen molar-refractivity contribution < 1.29 is 17.8 Å². The van der Waals surface area contributed by atoms with Gasteiger partial charge in [0.2, 0.25) is 5.69 Å². The van der Waals surface area contributed by atoms with Crippen LogP contribution >= 0.6 is 0 Å². The minimum atomic E-state index is -3.23. The molecule has 0 aliphatic carbocycles. The molecule has 0 atom stereocenters. The van der Waals surface area contributed by atoms with Crippen LogP contribution in [-0.4, -0.2) is 37.1 Å². The van der Waals surface area contributed by atoms with E-state index in [-0.39, 0.29) is 23.3 Å². The van der Waals surface area contributed by atoms with Crippen molar-refractivity contribution in [2.24, 2.45) is 13.0 Å². The van der Waals surface area contributed by atoms with Gasteiger partial charge in [0, 0.05) is 13.2 Å². The Morgan fingerprint density at radius 3 is 2.71 bits per heavy atom. The van der Waals surface area contributed by atoms with E-state index < -0.39 is 9.84 Å². The summed E-state index contributed by atoms with van der Waals surface area (Å²) in [5, 5.41) is 0. The standard InChI is InChI=1S/C16H22N4O3S/c1-12(2)10-24(22,23)11-15-18-9-14(20(15)4)16(21)19(3)13-6-5-7-17-8-13/h5-9,12H,10-11H2,1-4H3/p+1. The number of imidazole rings is 1. The molecule has 2 aromatic heterocycles. The summed E-state index contributed by atoms with van der Waals surface area (Å²) in [5.41, 5.74) is 1.05. The SMILES string of the molecule is CC(C)CS(=O)(=O)Cc1[nH]cc(C(=O)N(C)c2cccnc2)[n+]1C. The van der Waals surface area contributed by atoms with Gasteiger partial charge in [0.25, 0.3) is 5.82 Å². The summed E-state index contributed by atoms with van der Waals surface area (Å²) in [7, 11) is 0.108.